The normalized spacial score (nSPS) is 26.9. The van der Waals surface area contributed by atoms with Gasteiger partial charge in [-0.15, -0.1) is 0 Å². The molecule has 1 fully saturated rings. The Balaban J connectivity index is 1.93. The molecule has 0 N–H and O–H groups in total. The maximum absolute atomic E-state index is 12.9. The molecule has 0 bridgehead atoms. The Morgan fingerprint density at radius 2 is 1.92 bits per heavy atom. The van der Waals surface area contributed by atoms with E-state index in [2.05, 4.69) is 37.8 Å². The highest BCUT2D eigenvalue weighted by molar-refractivity contribution is 5.86. The quantitative estimate of drug-likeness (QED) is 0.844. The van der Waals surface area contributed by atoms with E-state index >= 15 is 0 Å². The zero-order valence-corrected chi connectivity index (χ0v) is 15.5. The van der Waals surface area contributed by atoms with Crippen molar-refractivity contribution in [3.8, 4) is 11.5 Å². The summed E-state index contributed by atoms with van der Waals surface area (Å²) < 4.78 is 10.9. The molecule has 0 saturated carbocycles. The van der Waals surface area contributed by atoms with Crippen molar-refractivity contribution in [1.82, 2.24) is 4.90 Å². The number of piperidine rings is 1. The molecule has 3 rings (SSSR count). The first-order valence-corrected chi connectivity index (χ1v) is 8.90. The molecule has 0 radical (unpaired) electrons. The topological polar surface area (TPSA) is 38.8 Å². The number of benzene rings is 1. The Kier molecular flexibility index (Phi) is 4.60. The van der Waals surface area contributed by atoms with Crippen LogP contribution in [0.15, 0.2) is 12.1 Å². The molecule has 2 aliphatic heterocycles. The fourth-order valence-corrected chi connectivity index (χ4v) is 4.55. The van der Waals surface area contributed by atoms with Gasteiger partial charge < -0.3 is 9.47 Å². The van der Waals surface area contributed by atoms with E-state index in [9.17, 15) is 4.79 Å². The first-order chi connectivity index (χ1) is 11.4. The molecule has 0 aromatic heterocycles. The molecule has 24 heavy (non-hydrogen) atoms. The van der Waals surface area contributed by atoms with Crippen LogP contribution in [0.25, 0.3) is 0 Å². The summed E-state index contributed by atoms with van der Waals surface area (Å²) in [6.07, 6.45) is 2.57. The second-order valence-corrected chi connectivity index (χ2v) is 7.93. The molecule has 4 heteroatoms. The maximum Gasteiger partial charge on any atom is 0.161 e. The molecule has 1 saturated heterocycles. The lowest BCUT2D eigenvalue weighted by Crippen LogP contribution is -2.51. The summed E-state index contributed by atoms with van der Waals surface area (Å²) >= 11 is 0. The molecule has 0 aliphatic carbocycles. The van der Waals surface area contributed by atoms with Crippen molar-refractivity contribution in [2.75, 3.05) is 27.3 Å². The maximum atomic E-state index is 12.9. The molecule has 0 spiro atoms. The number of hydrogen-bond donors (Lipinski definition) is 0. The second kappa shape index (κ2) is 6.40. The molecule has 132 valence electrons. The van der Waals surface area contributed by atoms with Crippen LogP contribution in [-0.2, 0) is 11.2 Å². The third kappa shape index (κ3) is 2.92. The molecular weight excluding hydrogens is 302 g/mol. The summed E-state index contributed by atoms with van der Waals surface area (Å²) in [4.78, 5) is 15.4. The van der Waals surface area contributed by atoms with Crippen LogP contribution in [0.2, 0.25) is 0 Å². The molecule has 2 atom stereocenters. The number of ether oxygens (including phenoxy) is 2. The van der Waals surface area contributed by atoms with Crippen molar-refractivity contribution in [3.63, 3.8) is 0 Å². The number of fused-ring (bicyclic) bond motifs is 3. The van der Waals surface area contributed by atoms with Crippen molar-refractivity contribution in [1.29, 1.82) is 0 Å². The monoisotopic (exact) mass is 331 g/mol. The first kappa shape index (κ1) is 17.3. The predicted octanol–water partition coefficient (Wildman–Crippen LogP) is 3.63. The summed E-state index contributed by atoms with van der Waals surface area (Å²) in [6, 6.07) is 4.34. The second-order valence-electron chi connectivity index (χ2n) is 7.93. The Labute approximate surface area is 145 Å². The van der Waals surface area contributed by atoms with E-state index in [-0.39, 0.29) is 11.5 Å². The van der Waals surface area contributed by atoms with Gasteiger partial charge in [-0.2, -0.15) is 0 Å². The van der Waals surface area contributed by atoms with Gasteiger partial charge in [-0.1, -0.05) is 20.8 Å². The average molecular weight is 331 g/mol. The molecule has 0 amide bonds. The number of carbonyl (C=O) groups excluding carboxylic acids is 1. The molecule has 4 nitrogen and oxygen atoms in total. The van der Waals surface area contributed by atoms with Crippen LogP contribution in [0.4, 0.5) is 0 Å². The van der Waals surface area contributed by atoms with Crippen molar-refractivity contribution < 1.29 is 14.3 Å². The van der Waals surface area contributed by atoms with Crippen LogP contribution >= 0.6 is 0 Å². The molecule has 2 heterocycles. The highest BCUT2D eigenvalue weighted by Gasteiger charge is 2.45. The van der Waals surface area contributed by atoms with E-state index in [1.807, 2.05) is 0 Å². The largest absolute Gasteiger partial charge is 0.493 e. The third-order valence-electron chi connectivity index (χ3n) is 5.58. The van der Waals surface area contributed by atoms with E-state index in [4.69, 9.17) is 9.47 Å². The summed E-state index contributed by atoms with van der Waals surface area (Å²) in [5.74, 6) is 2.47. The number of Topliss-reactive ketones (excluding diaryl/α,β-unsaturated/α-hetero) is 1. The predicted molar refractivity (Wildman–Crippen MR) is 94.8 cm³/mol. The van der Waals surface area contributed by atoms with Gasteiger partial charge in [0.25, 0.3) is 0 Å². The van der Waals surface area contributed by atoms with Gasteiger partial charge in [0.05, 0.1) is 14.2 Å². The fraction of sp³-hybridized carbons (Fsp3) is 0.650. The van der Waals surface area contributed by atoms with E-state index in [0.717, 1.165) is 37.4 Å². The number of ketones is 1. The van der Waals surface area contributed by atoms with Crippen LogP contribution in [-0.4, -0.2) is 38.0 Å². The van der Waals surface area contributed by atoms with E-state index in [0.29, 0.717) is 18.1 Å². The third-order valence-corrected chi connectivity index (χ3v) is 5.58. The van der Waals surface area contributed by atoms with E-state index in [1.54, 1.807) is 14.2 Å². The fourth-order valence-electron chi connectivity index (χ4n) is 4.55. The number of rotatable bonds is 4. The number of carbonyl (C=O) groups is 1. The summed E-state index contributed by atoms with van der Waals surface area (Å²) in [7, 11) is 3.33. The van der Waals surface area contributed by atoms with Crippen LogP contribution in [0.1, 0.15) is 50.8 Å². The number of methoxy groups -OCH3 is 2. The van der Waals surface area contributed by atoms with Gasteiger partial charge in [-0.3, -0.25) is 9.69 Å². The smallest absolute Gasteiger partial charge is 0.161 e. The minimum Gasteiger partial charge on any atom is -0.493 e. The summed E-state index contributed by atoms with van der Waals surface area (Å²) in [5.41, 5.74) is 2.31. The Bertz CT molecular complexity index is 640. The van der Waals surface area contributed by atoms with E-state index < -0.39 is 0 Å². The first-order valence-electron chi connectivity index (χ1n) is 8.90. The highest BCUT2D eigenvalue weighted by atomic mass is 16.5. The lowest BCUT2D eigenvalue weighted by molar-refractivity contribution is -0.137. The molecule has 1 aromatic rings. The van der Waals surface area contributed by atoms with Crippen LogP contribution < -0.4 is 9.47 Å². The van der Waals surface area contributed by atoms with Gasteiger partial charge >= 0.3 is 0 Å². The van der Waals surface area contributed by atoms with E-state index in [1.165, 1.54) is 11.1 Å². The van der Waals surface area contributed by atoms with Gasteiger partial charge in [0.15, 0.2) is 11.5 Å². The summed E-state index contributed by atoms with van der Waals surface area (Å²) in [6.45, 7) is 8.42. The summed E-state index contributed by atoms with van der Waals surface area (Å²) in [5, 5.41) is 0. The van der Waals surface area contributed by atoms with Crippen molar-refractivity contribution >= 4 is 5.78 Å². The van der Waals surface area contributed by atoms with Crippen LogP contribution in [0, 0.1) is 11.3 Å². The Morgan fingerprint density at radius 3 is 2.54 bits per heavy atom. The van der Waals surface area contributed by atoms with Gasteiger partial charge in [-0.05, 0) is 42.0 Å². The molecular formula is C20H29NO3. The highest BCUT2D eigenvalue weighted by Crippen LogP contribution is 2.45. The van der Waals surface area contributed by atoms with Crippen molar-refractivity contribution in [2.24, 2.45) is 11.3 Å². The zero-order valence-electron chi connectivity index (χ0n) is 15.5. The Morgan fingerprint density at radius 1 is 1.25 bits per heavy atom. The lowest BCUT2D eigenvalue weighted by atomic mass is 9.71. The molecule has 1 aromatic carbocycles. The van der Waals surface area contributed by atoms with Gasteiger partial charge in [0, 0.05) is 31.0 Å². The lowest BCUT2D eigenvalue weighted by Gasteiger charge is -2.47. The minimum atomic E-state index is -0.210. The van der Waals surface area contributed by atoms with Crippen LogP contribution in [0.3, 0.4) is 0 Å². The molecule has 1 unspecified atom stereocenters. The van der Waals surface area contributed by atoms with Gasteiger partial charge in [-0.25, -0.2) is 0 Å². The minimum absolute atomic E-state index is 0.182. The number of hydrogen-bond acceptors (Lipinski definition) is 4. The van der Waals surface area contributed by atoms with Crippen molar-refractivity contribution in [2.45, 2.75) is 46.1 Å². The van der Waals surface area contributed by atoms with Crippen molar-refractivity contribution in [3.05, 3.63) is 23.3 Å². The molecule has 2 aliphatic rings. The standard InChI is InChI=1S/C20H29NO3/c1-13(2)11-20(3)12-21-7-6-14-8-17(23-4)18(24-5)9-15(14)16(21)10-19(20)22/h8-9,13,16H,6-7,10-12H2,1-5H3/t16?,20-/m0/s1. The Hall–Kier alpha value is -1.55. The number of nitrogens with zero attached hydrogens (tertiary/aromatic N) is 1. The van der Waals surface area contributed by atoms with Gasteiger partial charge in [0.1, 0.15) is 5.78 Å². The van der Waals surface area contributed by atoms with Gasteiger partial charge in [0.2, 0.25) is 0 Å². The average Bonchev–Trinajstić information content (AvgIpc) is 2.54. The SMILES string of the molecule is COc1cc2c(cc1OC)C1CC(=O)[C@@](C)(CC(C)C)CN1CC2. The van der Waals surface area contributed by atoms with Crippen LogP contribution in [0.5, 0.6) is 11.5 Å². The zero-order chi connectivity index (χ0) is 17.5.